The number of ether oxygens (including phenoxy) is 2. The molecule has 0 unspecified atom stereocenters. The van der Waals surface area contributed by atoms with Crippen molar-refractivity contribution in [1.82, 2.24) is 4.90 Å². The Hall–Kier alpha value is -2.04. The van der Waals surface area contributed by atoms with Gasteiger partial charge in [0, 0.05) is 6.54 Å². The molecule has 0 aliphatic carbocycles. The van der Waals surface area contributed by atoms with Crippen LogP contribution in [0.25, 0.3) is 0 Å². The topological polar surface area (TPSA) is 55.8 Å². The zero-order valence-corrected chi connectivity index (χ0v) is 10.5. The number of nitrogens with zero attached hydrogens (tertiary/aromatic N) is 1. The van der Waals surface area contributed by atoms with Gasteiger partial charge in [-0.1, -0.05) is 30.3 Å². The standard InChI is InChI=1S/C14H15NO4/c16-13-11-6-7-15(8-12(11)19-13)14(17)18-9-10-4-2-1-3-5-10/h1-5,11-12H,6-9H2/t11-,12+/m0/s1. The number of likely N-dealkylation sites (tertiary alicyclic amines) is 1. The first-order chi connectivity index (χ1) is 9.24. The van der Waals surface area contributed by atoms with Gasteiger partial charge in [0.05, 0.1) is 12.5 Å². The summed E-state index contributed by atoms with van der Waals surface area (Å²) in [5, 5.41) is 0. The highest BCUT2D eigenvalue weighted by Gasteiger charge is 2.47. The number of esters is 1. The van der Waals surface area contributed by atoms with Crippen LogP contribution in [0.2, 0.25) is 0 Å². The quantitative estimate of drug-likeness (QED) is 0.758. The van der Waals surface area contributed by atoms with Crippen LogP contribution >= 0.6 is 0 Å². The highest BCUT2D eigenvalue weighted by Crippen LogP contribution is 2.30. The molecule has 2 aliphatic rings. The number of fused-ring (bicyclic) bond motifs is 1. The van der Waals surface area contributed by atoms with E-state index in [9.17, 15) is 9.59 Å². The smallest absolute Gasteiger partial charge is 0.410 e. The number of hydrogen-bond donors (Lipinski definition) is 0. The van der Waals surface area contributed by atoms with Crippen LogP contribution in [0.1, 0.15) is 12.0 Å². The summed E-state index contributed by atoms with van der Waals surface area (Å²) in [5.74, 6) is -0.152. The van der Waals surface area contributed by atoms with E-state index in [1.807, 2.05) is 30.3 Å². The van der Waals surface area contributed by atoms with Gasteiger partial charge >= 0.3 is 12.1 Å². The van der Waals surface area contributed by atoms with Crippen LogP contribution in [-0.4, -0.2) is 36.2 Å². The Labute approximate surface area is 111 Å². The zero-order valence-electron chi connectivity index (χ0n) is 10.5. The third-order valence-corrected chi connectivity index (χ3v) is 3.59. The first kappa shape index (κ1) is 12.0. The van der Waals surface area contributed by atoms with Crippen LogP contribution in [0.3, 0.4) is 0 Å². The highest BCUT2D eigenvalue weighted by atomic mass is 16.6. The molecule has 2 saturated heterocycles. The van der Waals surface area contributed by atoms with Crippen molar-refractivity contribution in [3.8, 4) is 0 Å². The minimum absolute atomic E-state index is 0.0156. The molecule has 1 amide bonds. The summed E-state index contributed by atoms with van der Waals surface area (Å²) in [4.78, 5) is 24.6. The Balaban J connectivity index is 1.50. The van der Waals surface area contributed by atoms with Crippen molar-refractivity contribution in [2.75, 3.05) is 13.1 Å². The average Bonchev–Trinajstić information content (AvgIpc) is 2.44. The lowest BCUT2D eigenvalue weighted by Gasteiger charge is -2.42. The molecule has 2 atom stereocenters. The van der Waals surface area contributed by atoms with Crippen LogP contribution in [-0.2, 0) is 20.9 Å². The Kier molecular flexibility index (Phi) is 3.11. The average molecular weight is 261 g/mol. The molecule has 0 saturated carbocycles. The second kappa shape index (κ2) is 4.91. The molecule has 2 aliphatic heterocycles. The second-order valence-corrected chi connectivity index (χ2v) is 4.86. The third kappa shape index (κ3) is 2.41. The van der Waals surface area contributed by atoms with Crippen molar-refractivity contribution in [3.05, 3.63) is 35.9 Å². The summed E-state index contributed by atoms with van der Waals surface area (Å²) in [6, 6.07) is 9.55. The van der Waals surface area contributed by atoms with Crippen LogP contribution in [0.15, 0.2) is 30.3 Å². The lowest BCUT2D eigenvalue weighted by Crippen LogP contribution is -2.57. The molecule has 19 heavy (non-hydrogen) atoms. The molecular formula is C14H15NO4. The molecule has 1 aromatic rings. The molecule has 0 aromatic heterocycles. The van der Waals surface area contributed by atoms with Gasteiger partial charge in [-0.3, -0.25) is 4.79 Å². The van der Waals surface area contributed by atoms with Crippen molar-refractivity contribution in [3.63, 3.8) is 0 Å². The van der Waals surface area contributed by atoms with Gasteiger partial charge in [-0.2, -0.15) is 0 Å². The predicted molar refractivity (Wildman–Crippen MR) is 66.2 cm³/mol. The number of carbonyl (C=O) groups is 2. The summed E-state index contributed by atoms with van der Waals surface area (Å²) in [5.41, 5.74) is 0.959. The van der Waals surface area contributed by atoms with E-state index in [-0.39, 0.29) is 30.7 Å². The summed E-state index contributed by atoms with van der Waals surface area (Å²) in [7, 11) is 0. The van der Waals surface area contributed by atoms with Gasteiger partial charge in [-0.15, -0.1) is 0 Å². The molecule has 0 radical (unpaired) electrons. The fraction of sp³-hybridized carbons (Fsp3) is 0.429. The summed E-state index contributed by atoms with van der Waals surface area (Å²) in [6.07, 6.45) is 0.194. The van der Waals surface area contributed by atoms with Crippen LogP contribution in [0.5, 0.6) is 0 Å². The van der Waals surface area contributed by atoms with E-state index in [4.69, 9.17) is 9.47 Å². The van der Waals surface area contributed by atoms with Crippen molar-refractivity contribution < 1.29 is 19.1 Å². The van der Waals surface area contributed by atoms with E-state index in [1.165, 1.54) is 0 Å². The molecule has 5 nitrogen and oxygen atoms in total. The Morgan fingerprint density at radius 2 is 2.16 bits per heavy atom. The molecule has 5 heteroatoms. The number of amides is 1. The van der Waals surface area contributed by atoms with Crippen molar-refractivity contribution in [2.24, 2.45) is 5.92 Å². The van der Waals surface area contributed by atoms with E-state index >= 15 is 0 Å². The molecule has 2 fully saturated rings. The summed E-state index contributed by atoms with van der Waals surface area (Å²) in [6.45, 7) is 1.28. The normalized spacial score (nSPS) is 25.1. The molecule has 3 rings (SSSR count). The number of hydrogen-bond acceptors (Lipinski definition) is 4. The van der Waals surface area contributed by atoms with Gasteiger partial charge < -0.3 is 14.4 Å². The Bertz CT molecular complexity index is 487. The highest BCUT2D eigenvalue weighted by molar-refractivity contribution is 5.79. The van der Waals surface area contributed by atoms with E-state index in [1.54, 1.807) is 4.90 Å². The van der Waals surface area contributed by atoms with E-state index < -0.39 is 0 Å². The zero-order chi connectivity index (χ0) is 13.2. The Morgan fingerprint density at radius 1 is 1.37 bits per heavy atom. The Morgan fingerprint density at radius 3 is 2.84 bits per heavy atom. The lowest BCUT2D eigenvalue weighted by molar-refractivity contribution is -0.191. The minimum atomic E-state index is -0.342. The maximum Gasteiger partial charge on any atom is 0.410 e. The molecule has 1 aromatic carbocycles. The molecule has 0 bridgehead atoms. The van der Waals surface area contributed by atoms with Gasteiger partial charge in [-0.25, -0.2) is 4.79 Å². The number of piperidine rings is 1. The largest absolute Gasteiger partial charge is 0.459 e. The maximum atomic E-state index is 11.9. The molecule has 0 N–H and O–H groups in total. The third-order valence-electron chi connectivity index (χ3n) is 3.59. The first-order valence-electron chi connectivity index (χ1n) is 6.40. The molecule has 100 valence electrons. The summed E-state index contributed by atoms with van der Waals surface area (Å²) >= 11 is 0. The second-order valence-electron chi connectivity index (χ2n) is 4.86. The van der Waals surface area contributed by atoms with Crippen molar-refractivity contribution >= 4 is 12.1 Å². The van der Waals surface area contributed by atoms with Gasteiger partial charge in [-0.05, 0) is 12.0 Å². The van der Waals surface area contributed by atoms with Gasteiger partial charge in [0.1, 0.15) is 12.7 Å². The molecule has 0 spiro atoms. The molecular weight excluding hydrogens is 246 g/mol. The number of rotatable bonds is 2. The van der Waals surface area contributed by atoms with Crippen molar-refractivity contribution in [1.29, 1.82) is 0 Å². The number of carbonyl (C=O) groups excluding carboxylic acids is 2. The first-order valence-corrected chi connectivity index (χ1v) is 6.40. The monoisotopic (exact) mass is 261 g/mol. The van der Waals surface area contributed by atoms with Gasteiger partial charge in [0.2, 0.25) is 0 Å². The fourth-order valence-corrected chi connectivity index (χ4v) is 2.45. The van der Waals surface area contributed by atoms with E-state index in [2.05, 4.69) is 0 Å². The van der Waals surface area contributed by atoms with E-state index in [0.29, 0.717) is 19.5 Å². The molecule has 2 heterocycles. The maximum absolute atomic E-state index is 11.9. The lowest BCUT2D eigenvalue weighted by atomic mass is 9.89. The van der Waals surface area contributed by atoms with Crippen molar-refractivity contribution in [2.45, 2.75) is 19.1 Å². The van der Waals surface area contributed by atoms with Crippen LogP contribution in [0.4, 0.5) is 4.79 Å². The van der Waals surface area contributed by atoms with Gasteiger partial charge in [0.15, 0.2) is 0 Å². The minimum Gasteiger partial charge on any atom is -0.459 e. The van der Waals surface area contributed by atoms with Gasteiger partial charge in [0.25, 0.3) is 0 Å². The van der Waals surface area contributed by atoms with Crippen LogP contribution < -0.4 is 0 Å². The SMILES string of the molecule is O=C1O[C@@H]2CN(C(=O)OCc3ccccc3)CC[C@H]12. The summed E-state index contributed by atoms with van der Waals surface area (Å²) < 4.78 is 10.2. The predicted octanol–water partition coefficient (Wildman–Crippen LogP) is 1.57. The fourth-order valence-electron chi connectivity index (χ4n) is 2.45. The van der Waals surface area contributed by atoms with E-state index in [0.717, 1.165) is 5.56 Å². The number of benzene rings is 1. The van der Waals surface area contributed by atoms with Crippen LogP contribution in [0, 0.1) is 5.92 Å².